The number of aliphatic hydroxyl groups is 1. The molecule has 0 aromatic rings. The normalized spacial score (nSPS) is 14.8. The van der Waals surface area contributed by atoms with Crippen molar-refractivity contribution in [3.8, 4) is 0 Å². The summed E-state index contributed by atoms with van der Waals surface area (Å²) in [6.45, 7) is 10.8. The van der Waals surface area contributed by atoms with Gasteiger partial charge in [-0.3, -0.25) is 0 Å². The second-order valence-corrected chi connectivity index (χ2v) is 6.59. The fourth-order valence-electron chi connectivity index (χ4n) is 2.43. The summed E-state index contributed by atoms with van der Waals surface area (Å²) >= 11 is 0. The standard InChI is InChI=1S/C17H36O2/c1-15(2)7-5-8-16(3)9-6-10-17(4)11-13-19-14-12-18/h15-18H,5-14H2,1-4H3. The van der Waals surface area contributed by atoms with E-state index in [0.717, 1.165) is 30.8 Å². The molecule has 0 aromatic heterocycles. The van der Waals surface area contributed by atoms with Gasteiger partial charge in [0.25, 0.3) is 0 Å². The van der Waals surface area contributed by atoms with E-state index in [2.05, 4.69) is 27.7 Å². The molecule has 0 saturated heterocycles. The second-order valence-electron chi connectivity index (χ2n) is 6.59. The lowest BCUT2D eigenvalue weighted by Crippen LogP contribution is -2.06. The van der Waals surface area contributed by atoms with Crippen LogP contribution in [-0.4, -0.2) is 24.9 Å². The molecule has 0 saturated carbocycles. The van der Waals surface area contributed by atoms with Gasteiger partial charge in [-0.15, -0.1) is 0 Å². The van der Waals surface area contributed by atoms with E-state index in [4.69, 9.17) is 9.84 Å². The Bertz CT molecular complexity index is 180. The lowest BCUT2D eigenvalue weighted by Gasteiger charge is -2.15. The molecule has 0 rings (SSSR count). The van der Waals surface area contributed by atoms with Crippen molar-refractivity contribution in [2.75, 3.05) is 19.8 Å². The van der Waals surface area contributed by atoms with Crippen LogP contribution in [0.4, 0.5) is 0 Å². The van der Waals surface area contributed by atoms with E-state index in [1.807, 2.05) is 0 Å². The first-order valence-corrected chi connectivity index (χ1v) is 8.24. The van der Waals surface area contributed by atoms with Crippen LogP contribution >= 0.6 is 0 Å². The van der Waals surface area contributed by atoms with E-state index in [-0.39, 0.29) is 6.61 Å². The molecule has 2 heteroatoms. The molecule has 0 aliphatic rings. The third-order valence-corrected chi connectivity index (χ3v) is 3.86. The fourth-order valence-corrected chi connectivity index (χ4v) is 2.43. The Morgan fingerprint density at radius 2 is 1.26 bits per heavy atom. The summed E-state index contributed by atoms with van der Waals surface area (Å²) in [5.74, 6) is 2.49. The first-order valence-electron chi connectivity index (χ1n) is 8.24. The van der Waals surface area contributed by atoms with Gasteiger partial charge in [0.1, 0.15) is 0 Å². The number of rotatable bonds is 13. The van der Waals surface area contributed by atoms with Crippen molar-refractivity contribution in [3.05, 3.63) is 0 Å². The predicted octanol–water partition coefficient (Wildman–Crippen LogP) is 4.65. The Morgan fingerprint density at radius 3 is 1.79 bits per heavy atom. The van der Waals surface area contributed by atoms with Crippen LogP contribution in [0.25, 0.3) is 0 Å². The van der Waals surface area contributed by atoms with Crippen molar-refractivity contribution in [2.24, 2.45) is 17.8 Å². The quantitative estimate of drug-likeness (QED) is 0.494. The van der Waals surface area contributed by atoms with Crippen LogP contribution in [0.5, 0.6) is 0 Å². The van der Waals surface area contributed by atoms with E-state index in [9.17, 15) is 0 Å². The SMILES string of the molecule is CC(C)CCCC(C)CCCC(C)CCOCCO. The van der Waals surface area contributed by atoms with Crippen molar-refractivity contribution >= 4 is 0 Å². The van der Waals surface area contributed by atoms with Crippen molar-refractivity contribution in [2.45, 2.75) is 72.6 Å². The molecule has 0 aliphatic heterocycles. The van der Waals surface area contributed by atoms with Gasteiger partial charge in [-0.1, -0.05) is 66.2 Å². The van der Waals surface area contributed by atoms with Crippen LogP contribution in [-0.2, 0) is 4.74 Å². The fraction of sp³-hybridized carbons (Fsp3) is 1.00. The van der Waals surface area contributed by atoms with Crippen molar-refractivity contribution in [1.82, 2.24) is 0 Å². The average molecular weight is 272 g/mol. The molecule has 1 N–H and O–H groups in total. The zero-order valence-corrected chi connectivity index (χ0v) is 13.7. The maximum Gasteiger partial charge on any atom is 0.0697 e. The van der Waals surface area contributed by atoms with Crippen molar-refractivity contribution in [1.29, 1.82) is 0 Å². The highest BCUT2D eigenvalue weighted by Gasteiger charge is 2.06. The molecule has 19 heavy (non-hydrogen) atoms. The average Bonchev–Trinajstić information content (AvgIpc) is 2.34. The maximum absolute atomic E-state index is 8.61. The third kappa shape index (κ3) is 14.1. The Balaban J connectivity index is 3.35. The zero-order valence-electron chi connectivity index (χ0n) is 13.7. The first-order chi connectivity index (χ1) is 9.06. The minimum absolute atomic E-state index is 0.141. The third-order valence-electron chi connectivity index (χ3n) is 3.86. The molecule has 2 nitrogen and oxygen atoms in total. The van der Waals surface area contributed by atoms with E-state index in [1.165, 1.54) is 38.5 Å². The number of hydrogen-bond donors (Lipinski definition) is 1. The van der Waals surface area contributed by atoms with Gasteiger partial charge in [0.05, 0.1) is 13.2 Å². The van der Waals surface area contributed by atoms with E-state index < -0.39 is 0 Å². The molecule has 2 atom stereocenters. The van der Waals surface area contributed by atoms with Crippen LogP contribution < -0.4 is 0 Å². The molecule has 0 aromatic carbocycles. The Kier molecular flexibility index (Phi) is 12.9. The second kappa shape index (κ2) is 12.9. The van der Waals surface area contributed by atoms with Gasteiger partial charge in [-0.25, -0.2) is 0 Å². The number of aliphatic hydroxyl groups excluding tert-OH is 1. The lowest BCUT2D eigenvalue weighted by atomic mass is 9.93. The molecular weight excluding hydrogens is 236 g/mol. The molecule has 2 unspecified atom stereocenters. The predicted molar refractivity (Wildman–Crippen MR) is 83.4 cm³/mol. The first kappa shape index (κ1) is 18.9. The number of ether oxygens (including phenoxy) is 1. The largest absolute Gasteiger partial charge is 0.394 e. The molecule has 0 heterocycles. The summed E-state index contributed by atoms with van der Waals surface area (Å²) in [6.07, 6.45) is 9.33. The minimum Gasteiger partial charge on any atom is -0.394 e. The molecule has 0 spiro atoms. The monoisotopic (exact) mass is 272 g/mol. The summed E-state index contributed by atoms with van der Waals surface area (Å²) in [7, 11) is 0. The maximum atomic E-state index is 8.61. The highest BCUT2D eigenvalue weighted by molar-refractivity contribution is 4.59. The van der Waals surface area contributed by atoms with E-state index in [1.54, 1.807) is 0 Å². The molecular formula is C17H36O2. The van der Waals surface area contributed by atoms with E-state index in [0.29, 0.717) is 6.61 Å². The van der Waals surface area contributed by atoms with Gasteiger partial charge >= 0.3 is 0 Å². The van der Waals surface area contributed by atoms with Crippen LogP contribution in [0.3, 0.4) is 0 Å². The van der Waals surface area contributed by atoms with Crippen LogP contribution in [0.15, 0.2) is 0 Å². The zero-order chi connectivity index (χ0) is 14.5. The van der Waals surface area contributed by atoms with Gasteiger partial charge in [0.15, 0.2) is 0 Å². The van der Waals surface area contributed by atoms with Crippen molar-refractivity contribution in [3.63, 3.8) is 0 Å². The summed E-state index contributed by atoms with van der Waals surface area (Å²) in [5, 5.41) is 8.61. The summed E-state index contributed by atoms with van der Waals surface area (Å²) < 4.78 is 5.31. The van der Waals surface area contributed by atoms with Crippen LogP contribution in [0, 0.1) is 17.8 Å². The lowest BCUT2D eigenvalue weighted by molar-refractivity contribution is 0.0833. The Labute approximate surface area is 120 Å². The van der Waals surface area contributed by atoms with Gasteiger partial charge in [0.2, 0.25) is 0 Å². The van der Waals surface area contributed by atoms with Crippen molar-refractivity contribution < 1.29 is 9.84 Å². The summed E-state index contributed by atoms with van der Waals surface area (Å²) in [5.41, 5.74) is 0. The molecule has 0 amide bonds. The highest BCUT2D eigenvalue weighted by Crippen LogP contribution is 2.20. The summed E-state index contributed by atoms with van der Waals surface area (Å²) in [6, 6.07) is 0. The topological polar surface area (TPSA) is 29.5 Å². The number of hydrogen-bond acceptors (Lipinski definition) is 2. The smallest absolute Gasteiger partial charge is 0.0697 e. The molecule has 0 radical (unpaired) electrons. The minimum atomic E-state index is 0.141. The molecule has 0 aliphatic carbocycles. The Morgan fingerprint density at radius 1 is 0.737 bits per heavy atom. The van der Waals surface area contributed by atoms with Gasteiger partial charge < -0.3 is 9.84 Å². The van der Waals surface area contributed by atoms with E-state index >= 15 is 0 Å². The molecule has 0 bridgehead atoms. The van der Waals surface area contributed by atoms with Crippen LogP contribution in [0.1, 0.15) is 72.6 Å². The van der Waals surface area contributed by atoms with Gasteiger partial charge in [0, 0.05) is 6.61 Å². The highest BCUT2D eigenvalue weighted by atomic mass is 16.5. The summed E-state index contributed by atoms with van der Waals surface area (Å²) in [4.78, 5) is 0. The molecule has 0 fully saturated rings. The van der Waals surface area contributed by atoms with Crippen LogP contribution in [0.2, 0.25) is 0 Å². The Hall–Kier alpha value is -0.0800. The van der Waals surface area contributed by atoms with Gasteiger partial charge in [-0.2, -0.15) is 0 Å². The van der Waals surface area contributed by atoms with Gasteiger partial charge in [-0.05, 0) is 24.2 Å². The molecule has 116 valence electrons.